The van der Waals surface area contributed by atoms with Crippen LogP contribution in [0.2, 0.25) is 0 Å². The lowest BCUT2D eigenvalue weighted by atomic mass is 10.1. The Bertz CT molecular complexity index is 1130. The van der Waals surface area contributed by atoms with Crippen LogP contribution in [-0.2, 0) is 12.7 Å². The van der Waals surface area contributed by atoms with E-state index in [-0.39, 0.29) is 29.3 Å². The number of azo groups is 1. The van der Waals surface area contributed by atoms with Crippen molar-refractivity contribution in [2.24, 2.45) is 16.1 Å². The number of nitro benzene ring substituents is 1. The first-order valence-electron chi connectivity index (χ1n) is 8.52. The molecule has 0 aliphatic rings. The maximum absolute atomic E-state index is 12.8. The number of rotatable bonds is 5. The van der Waals surface area contributed by atoms with Gasteiger partial charge in [-0.3, -0.25) is 19.5 Å². The Labute approximate surface area is 167 Å². The molecular formula is C18H16F3N5O4. The number of aromatic hydroxyl groups is 1. The van der Waals surface area contributed by atoms with Gasteiger partial charge in [0.05, 0.1) is 10.5 Å². The summed E-state index contributed by atoms with van der Waals surface area (Å²) >= 11 is 0. The highest BCUT2D eigenvalue weighted by Crippen LogP contribution is 2.37. The number of hydrogen-bond donors (Lipinski definition) is 1. The second-order valence-electron chi connectivity index (χ2n) is 6.75. The molecule has 0 atom stereocenters. The molecule has 0 saturated carbocycles. The van der Waals surface area contributed by atoms with Crippen molar-refractivity contribution in [3.8, 4) is 11.9 Å². The molecule has 0 bridgehead atoms. The molecule has 0 spiro atoms. The van der Waals surface area contributed by atoms with Crippen LogP contribution in [0.15, 0.2) is 33.2 Å². The molecule has 0 saturated heterocycles. The predicted octanol–water partition coefficient (Wildman–Crippen LogP) is 4.73. The fraction of sp³-hybridized carbons (Fsp3) is 0.333. The fourth-order valence-electron chi connectivity index (χ4n) is 2.63. The first-order chi connectivity index (χ1) is 13.9. The lowest BCUT2D eigenvalue weighted by Crippen LogP contribution is -2.24. The third-order valence-electron chi connectivity index (χ3n) is 4.07. The van der Waals surface area contributed by atoms with Gasteiger partial charge in [-0.1, -0.05) is 13.8 Å². The Hall–Kier alpha value is -3.75. The monoisotopic (exact) mass is 423 g/mol. The van der Waals surface area contributed by atoms with Gasteiger partial charge in [-0.2, -0.15) is 18.4 Å². The lowest BCUT2D eigenvalue weighted by molar-refractivity contribution is -0.384. The summed E-state index contributed by atoms with van der Waals surface area (Å²) in [6.45, 7) is 4.92. The molecule has 0 aliphatic carbocycles. The molecule has 0 amide bonds. The molecule has 1 aromatic heterocycles. The molecule has 9 nitrogen and oxygen atoms in total. The highest BCUT2D eigenvalue weighted by Gasteiger charge is 2.33. The predicted molar refractivity (Wildman–Crippen MR) is 98.9 cm³/mol. The van der Waals surface area contributed by atoms with Gasteiger partial charge in [-0.25, -0.2) is 0 Å². The average Bonchev–Trinajstić information content (AvgIpc) is 2.64. The van der Waals surface area contributed by atoms with Crippen LogP contribution in [0.5, 0.6) is 5.88 Å². The van der Waals surface area contributed by atoms with E-state index in [1.54, 1.807) is 19.9 Å². The Kier molecular flexibility index (Phi) is 6.25. The lowest BCUT2D eigenvalue weighted by Gasteiger charge is -2.14. The SMILES string of the molecule is Cc1c(C#N)c(O)n(CC(C)C)c(=O)c1N=Nc1ccc(C(F)(F)F)cc1[N+](=O)[O-]. The quantitative estimate of drug-likeness (QED) is 0.421. The van der Waals surface area contributed by atoms with Crippen molar-refractivity contribution in [3.05, 3.63) is 55.4 Å². The van der Waals surface area contributed by atoms with Crippen LogP contribution in [0, 0.1) is 34.3 Å². The van der Waals surface area contributed by atoms with Crippen LogP contribution in [0.1, 0.15) is 30.5 Å². The highest BCUT2D eigenvalue weighted by atomic mass is 19.4. The highest BCUT2D eigenvalue weighted by molar-refractivity contribution is 5.60. The molecule has 1 N–H and O–H groups in total. The van der Waals surface area contributed by atoms with Crippen LogP contribution in [0.3, 0.4) is 0 Å². The Morgan fingerprint density at radius 3 is 2.47 bits per heavy atom. The Balaban J connectivity index is 2.67. The number of halogens is 3. The summed E-state index contributed by atoms with van der Waals surface area (Å²) in [5, 5.41) is 37.9. The van der Waals surface area contributed by atoms with Crippen LogP contribution in [0.4, 0.5) is 30.2 Å². The molecule has 2 aromatic rings. The zero-order chi connectivity index (χ0) is 22.8. The van der Waals surface area contributed by atoms with Crippen molar-refractivity contribution in [1.82, 2.24) is 4.57 Å². The molecule has 158 valence electrons. The second-order valence-corrected chi connectivity index (χ2v) is 6.75. The summed E-state index contributed by atoms with van der Waals surface area (Å²) in [5.74, 6) is -0.628. The number of benzene rings is 1. The summed E-state index contributed by atoms with van der Waals surface area (Å²) in [5.41, 5.74) is -4.10. The first kappa shape index (κ1) is 22.5. The van der Waals surface area contributed by atoms with Gasteiger partial charge in [0, 0.05) is 18.2 Å². The van der Waals surface area contributed by atoms with Crippen molar-refractivity contribution in [2.75, 3.05) is 0 Å². The number of hydrogen-bond acceptors (Lipinski definition) is 7. The zero-order valence-corrected chi connectivity index (χ0v) is 16.1. The van der Waals surface area contributed by atoms with E-state index in [0.717, 1.165) is 10.6 Å². The van der Waals surface area contributed by atoms with Gasteiger partial charge in [0.1, 0.15) is 11.6 Å². The van der Waals surface area contributed by atoms with Crippen molar-refractivity contribution in [1.29, 1.82) is 5.26 Å². The zero-order valence-electron chi connectivity index (χ0n) is 16.1. The second kappa shape index (κ2) is 8.32. The van der Waals surface area contributed by atoms with Gasteiger partial charge in [0.15, 0.2) is 11.4 Å². The molecule has 0 radical (unpaired) electrons. The van der Waals surface area contributed by atoms with Crippen LogP contribution in [0.25, 0.3) is 0 Å². The molecule has 2 rings (SSSR count). The minimum atomic E-state index is -4.79. The molecule has 0 unspecified atom stereocenters. The van der Waals surface area contributed by atoms with Crippen LogP contribution in [-0.4, -0.2) is 14.6 Å². The van der Waals surface area contributed by atoms with Crippen LogP contribution >= 0.6 is 0 Å². The molecule has 1 aromatic carbocycles. The van der Waals surface area contributed by atoms with Gasteiger partial charge < -0.3 is 5.11 Å². The average molecular weight is 423 g/mol. The van der Waals surface area contributed by atoms with Crippen molar-refractivity contribution in [2.45, 2.75) is 33.5 Å². The summed E-state index contributed by atoms with van der Waals surface area (Å²) in [4.78, 5) is 22.8. The number of nitro groups is 1. The molecule has 0 fully saturated rings. The van der Waals surface area contributed by atoms with E-state index in [0.29, 0.717) is 12.1 Å². The van der Waals surface area contributed by atoms with E-state index in [4.69, 9.17) is 0 Å². The Morgan fingerprint density at radius 1 is 1.33 bits per heavy atom. The fourth-order valence-corrected chi connectivity index (χ4v) is 2.63. The molecule has 12 heteroatoms. The first-order valence-corrected chi connectivity index (χ1v) is 8.52. The standard InChI is InChI=1S/C18H16F3N5O4/c1-9(2)8-25-16(27)12(7-22)10(3)15(17(25)28)24-23-13-5-4-11(18(19,20)21)6-14(13)26(29)30/h4-6,9,27H,8H2,1-3H3. The van der Waals surface area contributed by atoms with E-state index in [9.17, 15) is 38.4 Å². The van der Waals surface area contributed by atoms with E-state index in [1.165, 1.54) is 6.92 Å². The Morgan fingerprint density at radius 2 is 1.97 bits per heavy atom. The van der Waals surface area contributed by atoms with E-state index < -0.39 is 39.5 Å². The number of aromatic nitrogens is 1. The summed E-state index contributed by atoms with van der Waals surface area (Å²) < 4.78 is 39.4. The minimum Gasteiger partial charge on any atom is -0.493 e. The molecular weight excluding hydrogens is 407 g/mol. The van der Waals surface area contributed by atoms with E-state index in [1.807, 2.05) is 0 Å². The number of nitriles is 1. The topological polar surface area (TPSA) is 134 Å². The number of nitrogens with zero attached hydrogens (tertiary/aromatic N) is 5. The molecule has 0 aliphatic heterocycles. The van der Waals surface area contributed by atoms with Gasteiger partial charge in [-0.05, 0) is 25.0 Å². The van der Waals surface area contributed by atoms with Crippen LogP contribution < -0.4 is 5.56 Å². The summed E-state index contributed by atoms with van der Waals surface area (Å²) in [6.07, 6.45) is -4.79. The number of alkyl halides is 3. The van der Waals surface area contributed by atoms with Crippen molar-refractivity contribution >= 4 is 17.1 Å². The van der Waals surface area contributed by atoms with E-state index >= 15 is 0 Å². The number of pyridine rings is 1. The van der Waals surface area contributed by atoms with E-state index in [2.05, 4.69) is 10.2 Å². The maximum atomic E-state index is 12.8. The maximum Gasteiger partial charge on any atom is 0.416 e. The smallest absolute Gasteiger partial charge is 0.416 e. The largest absolute Gasteiger partial charge is 0.493 e. The minimum absolute atomic E-state index is 0.0154. The van der Waals surface area contributed by atoms with Gasteiger partial charge in [-0.15, -0.1) is 10.2 Å². The van der Waals surface area contributed by atoms with Gasteiger partial charge >= 0.3 is 6.18 Å². The normalized spacial score (nSPS) is 11.8. The van der Waals surface area contributed by atoms with Gasteiger partial charge in [0.25, 0.3) is 11.2 Å². The molecule has 1 heterocycles. The van der Waals surface area contributed by atoms with Crippen molar-refractivity contribution in [3.63, 3.8) is 0 Å². The summed E-state index contributed by atoms with van der Waals surface area (Å²) in [7, 11) is 0. The van der Waals surface area contributed by atoms with Crippen molar-refractivity contribution < 1.29 is 23.2 Å². The third kappa shape index (κ3) is 4.45. The summed E-state index contributed by atoms with van der Waals surface area (Å²) in [6, 6.07) is 3.43. The van der Waals surface area contributed by atoms with Gasteiger partial charge in [0.2, 0.25) is 5.88 Å². The molecule has 30 heavy (non-hydrogen) atoms. The third-order valence-corrected chi connectivity index (χ3v) is 4.07.